The third-order valence-electron chi connectivity index (χ3n) is 2.16. The van der Waals surface area contributed by atoms with Crippen molar-refractivity contribution in [2.24, 2.45) is 0 Å². The molecule has 0 aliphatic heterocycles. The van der Waals surface area contributed by atoms with Gasteiger partial charge in [0.15, 0.2) is 0 Å². The maximum absolute atomic E-state index is 11.6. The first-order valence-corrected chi connectivity index (χ1v) is 6.23. The van der Waals surface area contributed by atoms with E-state index in [9.17, 15) is 9.59 Å². The molecule has 1 amide bonds. The highest BCUT2D eigenvalue weighted by molar-refractivity contribution is 5.77. The Balaban J connectivity index is 4.21. The number of alkyl carbamates (subject to hydrolysis) is 1. The molecule has 17 heavy (non-hydrogen) atoms. The average molecular weight is 243 g/mol. The SMILES string of the molecule is CCCC[C@H](CC(C)=O)NC(=O)OC(C)(C)C. The van der Waals surface area contributed by atoms with E-state index in [-0.39, 0.29) is 11.8 Å². The summed E-state index contributed by atoms with van der Waals surface area (Å²) in [5.41, 5.74) is -0.504. The van der Waals surface area contributed by atoms with Crippen LogP contribution < -0.4 is 5.32 Å². The second-order valence-electron chi connectivity index (χ2n) is 5.39. The van der Waals surface area contributed by atoms with Gasteiger partial charge in [0.2, 0.25) is 0 Å². The van der Waals surface area contributed by atoms with Crippen molar-refractivity contribution in [3.8, 4) is 0 Å². The molecule has 0 aromatic rings. The van der Waals surface area contributed by atoms with Crippen molar-refractivity contribution < 1.29 is 14.3 Å². The molecule has 0 radical (unpaired) electrons. The van der Waals surface area contributed by atoms with Crippen LogP contribution >= 0.6 is 0 Å². The molecule has 0 saturated carbocycles. The topological polar surface area (TPSA) is 55.4 Å². The predicted octanol–water partition coefficient (Wildman–Crippen LogP) is 3.05. The fraction of sp³-hybridized carbons (Fsp3) is 0.846. The van der Waals surface area contributed by atoms with Crippen molar-refractivity contribution >= 4 is 11.9 Å². The number of unbranched alkanes of at least 4 members (excludes halogenated alkanes) is 1. The molecular weight excluding hydrogens is 218 g/mol. The third-order valence-corrected chi connectivity index (χ3v) is 2.16. The van der Waals surface area contributed by atoms with Gasteiger partial charge in [-0.2, -0.15) is 0 Å². The van der Waals surface area contributed by atoms with Gasteiger partial charge in [-0.15, -0.1) is 0 Å². The van der Waals surface area contributed by atoms with Crippen molar-refractivity contribution in [1.29, 1.82) is 0 Å². The Bertz CT molecular complexity index is 256. The molecular formula is C13H25NO3. The lowest BCUT2D eigenvalue weighted by Gasteiger charge is -2.23. The molecule has 0 aromatic carbocycles. The van der Waals surface area contributed by atoms with Crippen LogP contribution in [0.1, 0.15) is 60.3 Å². The molecule has 4 heteroatoms. The van der Waals surface area contributed by atoms with Crippen LogP contribution in [-0.2, 0) is 9.53 Å². The van der Waals surface area contributed by atoms with Crippen LogP contribution in [0.25, 0.3) is 0 Å². The summed E-state index contributed by atoms with van der Waals surface area (Å²) in [4.78, 5) is 22.7. The highest BCUT2D eigenvalue weighted by Crippen LogP contribution is 2.09. The minimum absolute atomic E-state index is 0.0853. The van der Waals surface area contributed by atoms with Crippen LogP contribution in [0.4, 0.5) is 4.79 Å². The highest BCUT2D eigenvalue weighted by Gasteiger charge is 2.19. The molecule has 1 atom stereocenters. The number of carbonyl (C=O) groups excluding carboxylic acids is 2. The van der Waals surface area contributed by atoms with E-state index in [0.29, 0.717) is 6.42 Å². The first-order valence-electron chi connectivity index (χ1n) is 6.23. The number of amides is 1. The van der Waals surface area contributed by atoms with Crippen LogP contribution in [-0.4, -0.2) is 23.5 Å². The maximum atomic E-state index is 11.6. The lowest BCUT2D eigenvalue weighted by Crippen LogP contribution is -2.40. The molecule has 0 fully saturated rings. The number of Topliss-reactive ketones (excluding diaryl/α,β-unsaturated/α-hetero) is 1. The molecule has 0 aromatic heterocycles. The average Bonchev–Trinajstić information content (AvgIpc) is 2.09. The highest BCUT2D eigenvalue weighted by atomic mass is 16.6. The molecule has 1 N–H and O–H groups in total. The number of nitrogens with one attached hydrogen (secondary N) is 1. The summed E-state index contributed by atoms with van der Waals surface area (Å²) in [6.07, 6.45) is 2.78. The van der Waals surface area contributed by atoms with E-state index in [2.05, 4.69) is 12.2 Å². The van der Waals surface area contributed by atoms with Crippen molar-refractivity contribution in [2.45, 2.75) is 71.9 Å². The van der Waals surface area contributed by atoms with Crippen molar-refractivity contribution in [2.75, 3.05) is 0 Å². The van der Waals surface area contributed by atoms with Crippen molar-refractivity contribution in [1.82, 2.24) is 5.32 Å². The molecule has 0 saturated heterocycles. The third kappa shape index (κ3) is 9.85. The van der Waals surface area contributed by atoms with Crippen LogP contribution in [0.15, 0.2) is 0 Å². The molecule has 0 rings (SSSR count). The zero-order valence-corrected chi connectivity index (χ0v) is 11.6. The van der Waals surface area contributed by atoms with Gasteiger partial charge in [0.05, 0.1) is 0 Å². The monoisotopic (exact) mass is 243 g/mol. The first-order chi connectivity index (χ1) is 7.74. The zero-order valence-electron chi connectivity index (χ0n) is 11.6. The Kier molecular flexibility index (Phi) is 6.85. The summed E-state index contributed by atoms with van der Waals surface area (Å²) in [6, 6.07) is -0.109. The Morgan fingerprint density at radius 3 is 2.29 bits per heavy atom. The lowest BCUT2D eigenvalue weighted by molar-refractivity contribution is -0.117. The van der Waals surface area contributed by atoms with Gasteiger partial charge in [-0.1, -0.05) is 19.8 Å². The number of carbonyl (C=O) groups is 2. The van der Waals surface area contributed by atoms with Gasteiger partial charge >= 0.3 is 6.09 Å². The van der Waals surface area contributed by atoms with Gasteiger partial charge in [0.25, 0.3) is 0 Å². The summed E-state index contributed by atoms with van der Waals surface area (Å²) in [6.45, 7) is 9.07. The van der Waals surface area contributed by atoms with E-state index in [0.717, 1.165) is 19.3 Å². The second-order valence-corrected chi connectivity index (χ2v) is 5.39. The number of rotatable bonds is 6. The van der Waals surface area contributed by atoms with E-state index >= 15 is 0 Å². The Labute approximate surface area is 104 Å². The second kappa shape index (κ2) is 7.30. The van der Waals surface area contributed by atoms with Gasteiger partial charge < -0.3 is 10.1 Å². The Morgan fingerprint density at radius 2 is 1.88 bits per heavy atom. The lowest BCUT2D eigenvalue weighted by atomic mass is 10.1. The van der Waals surface area contributed by atoms with E-state index in [1.807, 2.05) is 20.8 Å². The van der Waals surface area contributed by atoms with Gasteiger partial charge in [0, 0.05) is 12.5 Å². The zero-order chi connectivity index (χ0) is 13.5. The number of ketones is 1. The summed E-state index contributed by atoms with van der Waals surface area (Å²) >= 11 is 0. The fourth-order valence-electron chi connectivity index (χ4n) is 1.50. The minimum atomic E-state index is -0.504. The molecule has 0 bridgehead atoms. The Morgan fingerprint density at radius 1 is 1.29 bits per heavy atom. The summed E-state index contributed by atoms with van der Waals surface area (Å²) < 4.78 is 5.17. The van der Waals surface area contributed by atoms with Gasteiger partial charge in [-0.3, -0.25) is 4.79 Å². The van der Waals surface area contributed by atoms with Gasteiger partial charge in [-0.25, -0.2) is 4.79 Å². The number of hydrogen-bond donors (Lipinski definition) is 1. The number of hydrogen-bond acceptors (Lipinski definition) is 3. The first kappa shape index (κ1) is 15.9. The standard InChI is InChI=1S/C13H25NO3/c1-6-7-8-11(9-10(2)15)14-12(16)17-13(3,4)5/h11H,6-9H2,1-5H3,(H,14,16)/t11-/m1/s1. The summed E-state index contributed by atoms with van der Waals surface area (Å²) in [5.74, 6) is 0.0853. The van der Waals surface area contributed by atoms with E-state index in [1.165, 1.54) is 6.92 Å². The van der Waals surface area contributed by atoms with Crippen LogP contribution in [0.5, 0.6) is 0 Å². The fourth-order valence-corrected chi connectivity index (χ4v) is 1.50. The van der Waals surface area contributed by atoms with Gasteiger partial charge in [-0.05, 0) is 34.1 Å². The van der Waals surface area contributed by atoms with E-state index in [4.69, 9.17) is 4.74 Å². The normalized spacial score (nSPS) is 13.0. The van der Waals surface area contributed by atoms with Crippen LogP contribution in [0, 0.1) is 0 Å². The Hall–Kier alpha value is -1.06. The predicted molar refractivity (Wildman–Crippen MR) is 68.0 cm³/mol. The van der Waals surface area contributed by atoms with E-state index in [1.54, 1.807) is 0 Å². The van der Waals surface area contributed by atoms with Crippen LogP contribution in [0.2, 0.25) is 0 Å². The maximum Gasteiger partial charge on any atom is 0.407 e. The molecule has 0 spiro atoms. The van der Waals surface area contributed by atoms with Crippen molar-refractivity contribution in [3.05, 3.63) is 0 Å². The summed E-state index contributed by atoms with van der Waals surface area (Å²) in [5, 5.41) is 2.76. The minimum Gasteiger partial charge on any atom is -0.444 e. The largest absolute Gasteiger partial charge is 0.444 e. The molecule has 4 nitrogen and oxygen atoms in total. The van der Waals surface area contributed by atoms with Gasteiger partial charge in [0.1, 0.15) is 11.4 Å². The summed E-state index contributed by atoms with van der Waals surface area (Å²) in [7, 11) is 0. The van der Waals surface area contributed by atoms with Crippen molar-refractivity contribution in [3.63, 3.8) is 0 Å². The van der Waals surface area contributed by atoms with Crippen LogP contribution in [0.3, 0.4) is 0 Å². The molecule has 0 aliphatic rings. The molecule has 0 aliphatic carbocycles. The quantitative estimate of drug-likeness (QED) is 0.780. The molecule has 100 valence electrons. The molecule has 0 heterocycles. The van der Waals surface area contributed by atoms with E-state index < -0.39 is 11.7 Å². The molecule has 0 unspecified atom stereocenters. The number of ether oxygens (including phenoxy) is 1. The smallest absolute Gasteiger partial charge is 0.407 e.